The molecule has 0 amide bonds. The first-order valence-corrected chi connectivity index (χ1v) is 6.66. The van der Waals surface area contributed by atoms with E-state index in [2.05, 4.69) is 5.32 Å². The van der Waals surface area contributed by atoms with Crippen LogP contribution in [0.2, 0.25) is 0 Å². The minimum absolute atomic E-state index is 0.547. The third-order valence-corrected chi connectivity index (χ3v) is 5.48. The van der Waals surface area contributed by atoms with Gasteiger partial charge in [0.25, 0.3) is 0 Å². The molecule has 0 radical (unpaired) electrons. The topological polar surface area (TPSA) is 21.3 Å². The van der Waals surface area contributed by atoms with Gasteiger partial charge in [0.05, 0.1) is 12.8 Å². The van der Waals surface area contributed by atoms with Crippen molar-refractivity contribution in [2.75, 3.05) is 13.3 Å². The summed E-state index contributed by atoms with van der Waals surface area (Å²) in [6, 6.07) is 0. The van der Waals surface area contributed by atoms with Crippen LogP contribution in [0.5, 0.6) is 0 Å². The summed E-state index contributed by atoms with van der Waals surface area (Å²) in [5.74, 6) is 3.17. The predicted octanol–water partition coefficient (Wildman–Crippen LogP) is 2.15. The quantitative estimate of drug-likeness (QED) is 0.711. The van der Waals surface area contributed by atoms with Crippen molar-refractivity contribution in [3.63, 3.8) is 0 Å². The Morgan fingerprint density at radius 2 is 1.53 bits per heavy atom. The summed E-state index contributed by atoms with van der Waals surface area (Å²) < 4.78 is 5.93. The van der Waals surface area contributed by atoms with Gasteiger partial charge >= 0.3 is 0 Å². The molecule has 0 aromatic heterocycles. The molecule has 0 aromatic rings. The summed E-state index contributed by atoms with van der Waals surface area (Å²) in [5.41, 5.74) is 0.595. The molecule has 5 aliphatic rings. The van der Waals surface area contributed by atoms with Crippen molar-refractivity contribution in [3.05, 3.63) is 0 Å². The molecular formula is C13H21NO. The molecule has 5 fully saturated rings. The molecule has 0 aromatic carbocycles. The fraction of sp³-hybridized carbons (Fsp3) is 1.00. The van der Waals surface area contributed by atoms with Crippen LogP contribution in [0.25, 0.3) is 0 Å². The van der Waals surface area contributed by atoms with E-state index in [9.17, 15) is 0 Å². The maximum Gasteiger partial charge on any atom is 0.0970 e. The third-order valence-electron chi connectivity index (χ3n) is 5.48. The van der Waals surface area contributed by atoms with Gasteiger partial charge in [-0.05, 0) is 61.7 Å². The molecule has 0 spiro atoms. The molecule has 1 N–H and O–H groups in total. The lowest BCUT2D eigenvalue weighted by Crippen LogP contribution is -2.52. The van der Waals surface area contributed by atoms with Gasteiger partial charge in [0, 0.05) is 6.54 Å². The van der Waals surface area contributed by atoms with Crippen LogP contribution in [0.4, 0.5) is 0 Å². The van der Waals surface area contributed by atoms with Crippen LogP contribution in [0.1, 0.15) is 38.5 Å². The summed E-state index contributed by atoms with van der Waals surface area (Å²) in [4.78, 5) is 0. The van der Waals surface area contributed by atoms with Crippen LogP contribution in [0, 0.1) is 23.2 Å². The first kappa shape index (κ1) is 9.00. The summed E-state index contributed by atoms with van der Waals surface area (Å²) >= 11 is 0. The first-order valence-electron chi connectivity index (χ1n) is 6.66. The molecule has 2 heteroatoms. The first-order chi connectivity index (χ1) is 7.34. The monoisotopic (exact) mass is 207 g/mol. The lowest BCUT2D eigenvalue weighted by molar-refractivity contribution is -0.121. The second-order valence-electron chi connectivity index (χ2n) is 6.53. The molecule has 5 rings (SSSR count). The zero-order valence-corrected chi connectivity index (χ0v) is 9.37. The highest BCUT2D eigenvalue weighted by Gasteiger charge is 2.55. The molecule has 4 aliphatic carbocycles. The Morgan fingerprint density at radius 1 is 0.933 bits per heavy atom. The van der Waals surface area contributed by atoms with Gasteiger partial charge in [-0.1, -0.05) is 0 Å². The molecule has 1 unspecified atom stereocenters. The predicted molar refractivity (Wildman–Crippen MR) is 58.3 cm³/mol. The maximum atomic E-state index is 5.93. The number of nitrogens with one attached hydrogen (secondary N) is 1. The Balaban J connectivity index is 1.65. The van der Waals surface area contributed by atoms with E-state index in [1.54, 1.807) is 19.3 Å². The van der Waals surface area contributed by atoms with Crippen LogP contribution >= 0.6 is 0 Å². The van der Waals surface area contributed by atoms with Gasteiger partial charge in [0.1, 0.15) is 0 Å². The third kappa shape index (κ3) is 1.24. The molecule has 1 saturated heterocycles. The molecule has 15 heavy (non-hydrogen) atoms. The Bertz CT molecular complexity index is 234. The molecule has 4 saturated carbocycles. The molecular weight excluding hydrogens is 186 g/mol. The van der Waals surface area contributed by atoms with Crippen molar-refractivity contribution in [1.29, 1.82) is 0 Å². The summed E-state index contributed by atoms with van der Waals surface area (Å²) in [6.45, 7) is 1.92. The van der Waals surface area contributed by atoms with Gasteiger partial charge < -0.3 is 4.74 Å². The number of rotatable bonds is 1. The maximum absolute atomic E-state index is 5.93. The zero-order chi connectivity index (χ0) is 9.88. The van der Waals surface area contributed by atoms with E-state index < -0.39 is 0 Å². The highest BCUT2D eigenvalue weighted by Crippen LogP contribution is 2.61. The van der Waals surface area contributed by atoms with Crippen molar-refractivity contribution in [3.8, 4) is 0 Å². The summed E-state index contributed by atoms with van der Waals surface area (Å²) in [6.07, 6.45) is 9.60. The van der Waals surface area contributed by atoms with Gasteiger partial charge in [-0.2, -0.15) is 0 Å². The zero-order valence-electron chi connectivity index (χ0n) is 9.37. The standard InChI is InChI=1S/C13H21NO/c1-9-2-11-3-10(1)5-13(4-9,6-11)12-7-14-8-15-12/h9-12,14H,1-8H2. The van der Waals surface area contributed by atoms with Gasteiger partial charge in [-0.15, -0.1) is 0 Å². The van der Waals surface area contributed by atoms with Gasteiger partial charge in [-0.25, -0.2) is 0 Å². The minimum Gasteiger partial charge on any atom is -0.361 e. The second-order valence-corrected chi connectivity index (χ2v) is 6.53. The number of hydrogen-bond donors (Lipinski definition) is 1. The second kappa shape index (κ2) is 2.98. The lowest BCUT2D eigenvalue weighted by atomic mass is 9.48. The van der Waals surface area contributed by atoms with Gasteiger partial charge in [0.15, 0.2) is 0 Å². The van der Waals surface area contributed by atoms with E-state index in [1.807, 2.05) is 0 Å². The SMILES string of the molecule is C1NCC(C23CC4CC(CC(C4)C2)C3)O1. The Labute approximate surface area is 91.8 Å². The van der Waals surface area contributed by atoms with Crippen molar-refractivity contribution >= 4 is 0 Å². The number of hydrogen-bond acceptors (Lipinski definition) is 2. The van der Waals surface area contributed by atoms with E-state index in [4.69, 9.17) is 4.74 Å². The van der Waals surface area contributed by atoms with Crippen molar-refractivity contribution < 1.29 is 4.74 Å². The normalized spacial score (nSPS) is 57.6. The summed E-state index contributed by atoms with van der Waals surface area (Å²) in [7, 11) is 0. The summed E-state index contributed by atoms with van der Waals surface area (Å²) in [5, 5.41) is 3.38. The van der Waals surface area contributed by atoms with Crippen molar-refractivity contribution in [2.45, 2.75) is 44.6 Å². The van der Waals surface area contributed by atoms with Crippen molar-refractivity contribution in [2.24, 2.45) is 23.2 Å². The smallest absolute Gasteiger partial charge is 0.0970 e. The molecule has 84 valence electrons. The molecule has 4 bridgehead atoms. The van der Waals surface area contributed by atoms with Crippen LogP contribution in [-0.2, 0) is 4.74 Å². The number of ether oxygens (including phenoxy) is 1. The fourth-order valence-electron chi connectivity index (χ4n) is 5.37. The van der Waals surface area contributed by atoms with E-state index in [-0.39, 0.29) is 0 Å². The Kier molecular flexibility index (Phi) is 1.79. The average molecular weight is 207 g/mol. The van der Waals surface area contributed by atoms with Gasteiger partial charge in [-0.3, -0.25) is 5.32 Å². The highest BCUT2D eigenvalue weighted by atomic mass is 16.5. The van der Waals surface area contributed by atoms with Crippen LogP contribution in [0.3, 0.4) is 0 Å². The Hall–Kier alpha value is -0.0800. The molecule has 1 heterocycles. The Morgan fingerprint density at radius 3 is 2.00 bits per heavy atom. The largest absolute Gasteiger partial charge is 0.361 e. The van der Waals surface area contributed by atoms with E-state index in [1.165, 1.54) is 19.3 Å². The van der Waals surface area contributed by atoms with E-state index >= 15 is 0 Å². The molecule has 1 atom stereocenters. The van der Waals surface area contributed by atoms with Gasteiger partial charge in [0.2, 0.25) is 0 Å². The van der Waals surface area contributed by atoms with Crippen LogP contribution in [-0.4, -0.2) is 19.4 Å². The average Bonchev–Trinajstić information content (AvgIpc) is 2.67. The minimum atomic E-state index is 0.547. The van der Waals surface area contributed by atoms with Crippen molar-refractivity contribution in [1.82, 2.24) is 5.32 Å². The molecule has 2 nitrogen and oxygen atoms in total. The van der Waals surface area contributed by atoms with E-state index in [0.29, 0.717) is 11.5 Å². The lowest BCUT2D eigenvalue weighted by Gasteiger charge is -2.58. The van der Waals surface area contributed by atoms with E-state index in [0.717, 1.165) is 31.0 Å². The molecule has 1 aliphatic heterocycles. The highest BCUT2D eigenvalue weighted by molar-refractivity contribution is 5.05. The van der Waals surface area contributed by atoms with Crippen LogP contribution < -0.4 is 5.32 Å². The van der Waals surface area contributed by atoms with Crippen LogP contribution in [0.15, 0.2) is 0 Å². The fourth-order valence-corrected chi connectivity index (χ4v) is 5.37.